The Morgan fingerprint density at radius 2 is 2.12 bits per heavy atom. The molecule has 0 atom stereocenters. The number of aromatic nitrogens is 2. The number of halogens is 1. The van der Waals surface area contributed by atoms with Crippen molar-refractivity contribution in [3.05, 3.63) is 50.7 Å². The summed E-state index contributed by atoms with van der Waals surface area (Å²) in [6.45, 7) is 2.84. The van der Waals surface area contributed by atoms with Gasteiger partial charge < -0.3 is 10.4 Å². The van der Waals surface area contributed by atoms with E-state index in [0.29, 0.717) is 0 Å². The first-order chi connectivity index (χ1) is 11.7. The highest BCUT2D eigenvalue weighted by Gasteiger charge is 2.18. The number of carboxylic acids is 1. The molecule has 0 unspecified atom stereocenters. The lowest BCUT2D eigenvalue weighted by atomic mass is 10.1. The molecule has 0 spiro atoms. The zero-order valence-electron chi connectivity index (χ0n) is 13.4. The molecular formula is C15H15FN4O5. The van der Waals surface area contributed by atoms with E-state index in [-0.39, 0.29) is 23.1 Å². The van der Waals surface area contributed by atoms with E-state index >= 15 is 0 Å². The van der Waals surface area contributed by atoms with Gasteiger partial charge in [0.1, 0.15) is 12.4 Å². The van der Waals surface area contributed by atoms with Crippen LogP contribution >= 0.6 is 0 Å². The van der Waals surface area contributed by atoms with Gasteiger partial charge in [0.2, 0.25) is 0 Å². The van der Waals surface area contributed by atoms with Crippen LogP contribution < -0.4 is 10.9 Å². The third-order valence-corrected chi connectivity index (χ3v) is 3.16. The third-order valence-electron chi connectivity index (χ3n) is 3.16. The van der Waals surface area contributed by atoms with Gasteiger partial charge in [-0.15, -0.1) is 0 Å². The van der Waals surface area contributed by atoms with E-state index in [0.717, 1.165) is 22.8 Å². The molecule has 10 heteroatoms. The second-order valence-corrected chi connectivity index (χ2v) is 5.53. The summed E-state index contributed by atoms with van der Waals surface area (Å²) in [4.78, 5) is 37.6. The van der Waals surface area contributed by atoms with Crippen LogP contribution in [0.25, 0.3) is 11.3 Å². The summed E-state index contributed by atoms with van der Waals surface area (Å²) in [6, 6.07) is 2.62. The van der Waals surface area contributed by atoms with Gasteiger partial charge in [0.15, 0.2) is 5.82 Å². The lowest BCUT2D eigenvalue weighted by Gasteiger charge is -2.14. The van der Waals surface area contributed by atoms with Crippen molar-refractivity contribution in [2.75, 3.05) is 5.32 Å². The summed E-state index contributed by atoms with van der Waals surface area (Å²) in [5.74, 6) is -2.25. The van der Waals surface area contributed by atoms with Gasteiger partial charge in [-0.05, 0) is 19.9 Å². The molecule has 0 aliphatic rings. The van der Waals surface area contributed by atoms with Gasteiger partial charge in [-0.1, -0.05) is 0 Å². The van der Waals surface area contributed by atoms with Gasteiger partial charge in [0.25, 0.3) is 11.2 Å². The van der Waals surface area contributed by atoms with Crippen molar-refractivity contribution >= 4 is 17.5 Å². The lowest BCUT2D eigenvalue weighted by Crippen LogP contribution is -2.30. The van der Waals surface area contributed by atoms with Crippen molar-refractivity contribution < 1.29 is 19.2 Å². The Morgan fingerprint density at radius 3 is 2.68 bits per heavy atom. The van der Waals surface area contributed by atoms with Gasteiger partial charge in [0, 0.05) is 17.7 Å². The summed E-state index contributed by atoms with van der Waals surface area (Å²) < 4.78 is 14.6. The van der Waals surface area contributed by atoms with Crippen LogP contribution in [0, 0.1) is 15.9 Å². The van der Waals surface area contributed by atoms with E-state index in [2.05, 4.69) is 10.3 Å². The first kappa shape index (κ1) is 18.0. The Bertz CT molecular complexity index is 894. The predicted molar refractivity (Wildman–Crippen MR) is 86.9 cm³/mol. The molecule has 1 aromatic carbocycles. The molecule has 0 aliphatic carbocycles. The molecule has 9 nitrogen and oxygen atoms in total. The van der Waals surface area contributed by atoms with Crippen LogP contribution in [0.15, 0.2) is 29.2 Å². The van der Waals surface area contributed by atoms with E-state index in [1.54, 1.807) is 13.8 Å². The minimum atomic E-state index is -1.30. The fraction of sp³-hybridized carbons (Fsp3) is 0.267. The molecule has 0 amide bonds. The van der Waals surface area contributed by atoms with Crippen LogP contribution in [-0.2, 0) is 11.3 Å². The van der Waals surface area contributed by atoms with Crippen LogP contribution in [0.4, 0.5) is 15.9 Å². The number of carbonyl (C=O) groups is 1. The molecule has 0 aliphatic heterocycles. The number of hydrogen-bond acceptors (Lipinski definition) is 6. The highest BCUT2D eigenvalue weighted by Crippen LogP contribution is 2.25. The standard InChI is InChI=1S/C15H15FN4O5/c1-8(2)18-14-15(23)19(7-13(21)22)12(6-17-14)9-3-10(16)5-11(4-9)20(24)25/h3-6,8H,7H2,1-2H3,(H,17,18)(H,21,22). The predicted octanol–water partition coefficient (Wildman–Crippen LogP) is 1.86. The summed E-state index contributed by atoms with van der Waals surface area (Å²) in [6.07, 6.45) is 1.17. The summed E-state index contributed by atoms with van der Waals surface area (Å²) >= 11 is 0. The van der Waals surface area contributed by atoms with Crippen molar-refractivity contribution in [2.24, 2.45) is 0 Å². The highest BCUT2D eigenvalue weighted by molar-refractivity contribution is 5.70. The van der Waals surface area contributed by atoms with E-state index in [1.807, 2.05) is 0 Å². The molecule has 1 heterocycles. The molecule has 2 N–H and O–H groups in total. The molecule has 0 saturated heterocycles. The van der Waals surface area contributed by atoms with Crippen LogP contribution in [0.1, 0.15) is 13.8 Å². The number of nitrogens with zero attached hydrogens (tertiary/aromatic N) is 3. The first-order valence-corrected chi connectivity index (χ1v) is 7.22. The van der Waals surface area contributed by atoms with Crippen molar-refractivity contribution in [1.82, 2.24) is 9.55 Å². The van der Waals surface area contributed by atoms with Gasteiger partial charge in [-0.3, -0.25) is 24.3 Å². The molecule has 0 bridgehead atoms. The topological polar surface area (TPSA) is 127 Å². The smallest absolute Gasteiger partial charge is 0.323 e. The number of rotatable bonds is 6. The average Bonchev–Trinajstić information content (AvgIpc) is 2.49. The second-order valence-electron chi connectivity index (χ2n) is 5.53. The molecule has 2 rings (SSSR count). The number of non-ortho nitro benzene ring substituents is 1. The molecule has 0 radical (unpaired) electrons. The number of aliphatic carboxylic acids is 1. The maximum absolute atomic E-state index is 13.7. The Morgan fingerprint density at radius 1 is 1.44 bits per heavy atom. The van der Waals surface area contributed by atoms with Crippen molar-refractivity contribution in [1.29, 1.82) is 0 Å². The fourth-order valence-corrected chi connectivity index (χ4v) is 2.21. The van der Waals surface area contributed by atoms with Crippen molar-refractivity contribution in [2.45, 2.75) is 26.4 Å². The second kappa shape index (κ2) is 7.07. The normalized spacial score (nSPS) is 10.7. The number of benzene rings is 1. The van der Waals surface area contributed by atoms with Gasteiger partial charge in [-0.2, -0.15) is 0 Å². The van der Waals surface area contributed by atoms with Gasteiger partial charge >= 0.3 is 5.97 Å². The minimum absolute atomic E-state index is 0.0198. The Hall–Kier alpha value is -3.30. The van der Waals surface area contributed by atoms with Crippen molar-refractivity contribution in [3.63, 3.8) is 0 Å². The van der Waals surface area contributed by atoms with Crippen molar-refractivity contribution in [3.8, 4) is 11.3 Å². The Balaban J connectivity index is 2.68. The number of carboxylic acid groups (broad SMARTS) is 1. The van der Waals surface area contributed by atoms with E-state index < -0.39 is 34.5 Å². The maximum Gasteiger partial charge on any atom is 0.323 e. The third kappa shape index (κ3) is 4.16. The summed E-state index contributed by atoms with van der Waals surface area (Å²) in [5, 5.41) is 22.7. The maximum atomic E-state index is 13.7. The van der Waals surface area contributed by atoms with E-state index in [4.69, 9.17) is 5.11 Å². The lowest BCUT2D eigenvalue weighted by molar-refractivity contribution is -0.385. The summed E-state index contributed by atoms with van der Waals surface area (Å²) in [7, 11) is 0. The minimum Gasteiger partial charge on any atom is -0.480 e. The molecule has 0 saturated carbocycles. The molecule has 1 aromatic heterocycles. The monoisotopic (exact) mass is 350 g/mol. The number of nitro benzene ring substituents is 1. The zero-order valence-corrected chi connectivity index (χ0v) is 13.4. The SMILES string of the molecule is CC(C)Nc1ncc(-c2cc(F)cc([N+](=O)[O-])c2)n(CC(=O)O)c1=O. The van der Waals surface area contributed by atoms with E-state index in [1.165, 1.54) is 6.20 Å². The molecular weight excluding hydrogens is 335 g/mol. The quantitative estimate of drug-likeness (QED) is 0.601. The summed E-state index contributed by atoms with van der Waals surface area (Å²) in [5.41, 5.74) is -1.30. The first-order valence-electron chi connectivity index (χ1n) is 7.22. The van der Waals surface area contributed by atoms with E-state index in [9.17, 15) is 24.1 Å². The van der Waals surface area contributed by atoms with Gasteiger partial charge in [-0.25, -0.2) is 9.37 Å². The zero-order chi connectivity index (χ0) is 18.7. The largest absolute Gasteiger partial charge is 0.480 e. The molecule has 132 valence electrons. The van der Waals surface area contributed by atoms with Gasteiger partial charge in [0.05, 0.1) is 22.9 Å². The van der Waals surface area contributed by atoms with Crippen LogP contribution in [0.2, 0.25) is 0 Å². The number of nitrogens with one attached hydrogen (secondary N) is 1. The van der Waals surface area contributed by atoms with Crippen LogP contribution in [0.5, 0.6) is 0 Å². The fourth-order valence-electron chi connectivity index (χ4n) is 2.21. The molecule has 0 fully saturated rings. The van der Waals surface area contributed by atoms with Crippen LogP contribution in [-0.4, -0.2) is 31.6 Å². The Labute approximate surface area is 140 Å². The number of nitro groups is 1. The average molecular weight is 350 g/mol. The number of hydrogen-bond donors (Lipinski definition) is 2. The van der Waals surface area contributed by atoms with Crippen LogP contribution in [0.3, 0.4) is 0 Å². The Kier molecular flexibility index (Phi) is 5.11. The molecule has 25 heavy (non-hydrogen) atoms. The highest BCUT2D eigenvalue weighted by atomic mass is 19.1. The molecule has 2 aromatic rings. The number of anilines is 1.